The minimum Gasteiger partial charge on any atom is -0.479 e. The van der Waals surface area contributed by atoms with Gasteiger partial charge < -0.3 is 10.4 Å². The molecule has 0 aliphatic carbocycles. The van der Waals surface area contributed by atoms with Crippen LogP contribution in [0, 0.1) is 6.92 Å². The second kappa shape index (κ2) is 6.19. The summed E-state index contributed by atoms with van der Waals surface area (Å²) in [6, 6.07) is 7.57. The van der Waals surface area contributed by atoms with Crippen molar-refractivity contribution in [1.29, 1.82) is 0 Å². The number of hydrogen-bond acceptors (Lipinski definition) is 3. The fourth-order valence-corrected chi connectivity index (χ4v) is 2.80. The van der Waals surface area contributed by atoms with Crippen LogP contribution >= 0.6 is 27.3 Å². The van der Waals surface area contributed by atoms with E-state index in [0.29, 0.717) is 10.4 Å². The van der Waals surface area contributed by atoms with Crippen LogP contribution in [0.3, 0.4) is 0 Å². The molecule has 0 spiro atoms. The van der Waals surface area contributed by atoms with Gasteiger partial charge in [0.25, 0.3) is 5.91 Å². The third kappa shape index (κ3) is 3.26. The number of thiophene rings is 1. The van der Waals surface area contributed by atoms with E-state index in [1.807, 2.05) is 6.92 Å². The SMILES string of the molecule is Cc1ccc(C(=O)NC(C(=O)O)c2cccs2)cc1Br. The zero-order valence-corrected chi connectivity index (χ0v) is 13.0. The molecule has 1 atom stereocenters. The summed E-state index contributed by atoms with van der Waals surface area (Å²) in [7, 11) is 0. The lowest BCUT2D eigenvalue weighted by Gasteiger charge is -2.13. The van der Waals surface area contributed by atoms with Crippen molar-refractivity contribution in [1.82, 2.24) is 5.32 Å². The highest BCUT2D eigenvalue weighted by Crippen LogP contribution is 2.21. The lowest BCUT2D eigenvalue weighted by molar-refractivity contribution is -0.139. The number of rotatable bonds is 4. The highest BCUT2D eigenvalue weighted by atomic mass is 79.9. The summed E-state index contributed by atoms with van der Waals surface area (Å²) < 4.78 is 0.813. The van der Waals surface area contributed by atoms with E-state index in [1.54, 1.807) is 35.7 Å². The van der Waals surface area contributed by atoms with Crippen LogP contribution in [0.5, 0.6) is 0 Å². The fraction of sp³-hybridized carbons (Fsp3) is 0.143. The second-order valence-corrected chi connectivity index (χ2v) is 6.06. The van der Waals surface area contributed by atoms with Gasteiger partial charge in [-0.15, -0.1) is 11.3 Å². The predicted octanol–water partition coefficient (Wildman–Crippen LogP) is 3.37. The van der Waals surface area contributed by atoms with Crippen molar-refractivity contribution in [3.63, 3.8) is 0 Å². The lowest BCUT2D eigenvalue weighted by atomic mass is 10.1. The third-order valence-corrected chi connectivity index (χ3v) is 4.58. The lowest BCUT2D eigenvalue weighted by Crippen LogP contribution is -2.33. The smallest absolute Gasteiger partial charge is 0.331 e. The summed E-state index contributed by atoms with van der Waals surface area (Å²) in [6.45, 7) is 1.91. The molecule has 2 rings (SSSR count). The second-order valence-electron chi connectivity index (χ2n) is 4.22. The average Bonchev–Trinajstić information content (AvgIpc) is 2.92. The molecule has 1 amide bonds. The molecule has 0 saturated heterocycles. The van der Waals surface area contributed by atoms with Crippen molar-refractivity contribution >= 4 is 39.1 Å². The van der Waals surface area contributed by atoms with Crippen molar-refractivity contribution < 1.29 is 14.7 Å². The molecule has 1 aromatic heterocycles. The quantitative estimate of drug-likeness (QED) is 0.885. The Hall–Kier alpha value is -1.66. The first-order valence-electron chi connectivity index (χ1n) is 5.82. The molecule has 1 aromatic carbocycles. The Morgan fingerprint density at radius 2 is 2.10 bits per heavy atom. The van der Waals surface area contributed by atoms with E-state index < -0.39 is 17.9 Å². The molecule has 0 radical (unpaired) electrons. The van der Waals surface area contributed by atoms with Crippen LogP contribution in [0.2, 0.25) is 0 Å². The number of nitrogens with one attached hydrogen (secondary N) is 1. The third-order valence-electron chi connectivity index (χ3n) is 2.78. The van der Waals surface area contributed by atoms with Crippen molar-refractivity contribution in [3.8, 4) is 0 Å². The number of carbonyl (C=O) groups is 2. The predicted molar refractivity (Wildman–Crippen MR) is 81.0 cm³/mol. The topological polar surface area (TPSA) is 66.4 Å². The summed E-state index contributed by atoms with van der Waals surface area (Å²) >= 11 is 4.65. The van der Waals surface area contributed by atoms with Gasteiger partial charge in [0.15, 0.2) is 6.04 Å². The van der Waals surface area contributed by atoms with Gasteiger partial charge in [0.05, 0.1) is 0 Å². The Morgan fingerprint density at radius 1 is 1.35 bits per heavy atom. The van der Waals surface area contributed by atoms with E-state index in [0.717, 1.165) is 10.0 Å². The van der Waals surface area contributed by atoms with E-state index >= 15 is 0 Å². The van der Waals surface area contributed by atoms with Crippen LogP contribution in [0.25, 0.3) is 0 Å². The number of carboxylic acid groups (broad SMARTS) is 1. The highest BCUT2D eigenvalue weighted by Gasteiger charge is 2.23. The number of hydrogen-bond donors (Lipinski definition) is 2. The Kier molecular flexibility index (Phi) is 4.57. The van der Waals surface area contributed by atoms with Gasteiger partial charge >= 0.3 is 5.97 Å². The molecule has 0 saturated carbocycles. The molecule has 2 aromatic rings. The maximum absolute atomic E-state index is 12.1. The van der Waals surface area contributed by atoms with Crippen LogP contribution in [-0.4, -0.2) is 17.0 Å². The number of amides is 1. The van der Waals surface area contributed by atoms with E-state index in [9.17, 15) is 14.7 Å². The minimum absolute atomic E-state index is 0.411. The number of halogens is 1. The van der Waals surface area contributed by atoms with E-state index in [2.05, 4.69) is 21.2 Å². The number of aryl methyl sites for hydroxylation is 1. The Balaban J connectivity index is 2.20. The number of carboxylic acids is 1. The molecule has 0 aliphatic rings. The number of carbonyl (C=O) groups excluding carboxylic acids is 1. The van der Waals surface area contributed by atoms with Crippen LogP contribution in [0.15, 0.2) is 40.2 Å². The van der Waals surface area contributed by atoms with Crippen molar-refractivity contribution in [3.05, 3.63) is 56.2 Å². The Morgan fingerprint density at radius 3 is 2.65 bits per heavy atom. The van der Waals surface area contributed by atoms with Gasteiger partial charge in [0, 0.05) is 14.9 Å². The molecule has 0 fully saturated rings. The molecular weight excluding hydrogens is 342 g/mol. The molecule has 0 aliphatic heterocycles. The van der Waals surface area contributed by atoms with Crippen LogP contribution in [-0.2, 0) is 4.79 Å². The maximum Gasteiger partial charge on any atom is 0.331 e. The number of aliphatic carboxylic acids is 1. The molecule has 4 nitrogen and oxygen atoms in total. The summed E-state index contributed by atoms with van der Waals surface area (Å²) in [5.41, 5.74) is 1.43. The van der Waals surface area contributed by atoms with E-state index in [1.165, 1.54) is 11.3 Å². The van der Waals surface area contributed by atoms with Crippen LogP contribution < -0.4 is 5.32 Å². The maximum atomic E-state index is 12.1. The molecule has 6 heteroatoms. The minimum atomic E-state index is -1.08. The summed E-state index contributed by atoms with van der Waals surface area (Å²) in [5.74, 6) is -1.49. The summed E-state index contributed by atoms with van der Waals surface area (Å²) in [4.78, 5) is 24.0. The standard InChI is InChI=1S/C14H12BrNO3S/c1-8-4-5-9(7-10(8)15)13(17)16-12(14(18)19)11-3-2-6-20-11/h2-7,12H,1H3,(H,16,17)(H,18,19). The van der Waals surface area contributed by atoms with Gasteiger partial charge in [0.2, 0.25) is 0 Å². The summed E-state index contributed by atoms with van der Waals surface area (Å²) in [5, 5.41) is 13.5. The van der Waals surface area contributed by atoms with Crippen molar-refractivity contribution in [2.45, 2.75) is 13.0 Å². The van der Waals surface area contributed by atoms with E-state index in [4.69, 9.17) is 0 Å². The van der Waals surface area contributed by atoms with Gasteiger partial charge in [-0.05, 0) is 36.1 Å². The molecule has 0 bridgehead atoms. The molecule has 104 valence electrons. The molecule has 2 N–H and O–H groups in total. The molecular formula is C14H12BrNO3S. The summed E-state index contributed by atoms with van der Waals surface area (Å²) in [6.07, 6.45) is 0. The molecule has 20 heavy (non-hydrogen) atoms. The van der Waals surface area contributed by atoms with Gasteiger partial charge in [-0.2, -0.15) is 0 Å². The fourth-order valence-electron chi connectivity index (χ4n) is 1.66. The van der Waals surface area contributed by atoms with Crippen LogP contribution in [0.1, 0.15) is 26.8 Å². The Labute approximate surface area is 128 Å². The zero-order valence-electron chi connectivity index (χ0n) is 10.6. The van der Waals surface area contributed by atoms with Crippen molar-refractivity contribution in [2.75, 3.05) is 0 Å². The van der Waals surface area contributed by atoms with E-state index in [-0.39, 0.29) is 0 Å². The average molecular weight is 354 g/mol. The number of benzene rings is 1. The van der Waals surface area contributed by atoms with Gasteiger partial charge in [-0.3, -0.25) is 4.79 Å². The van der Waals surface area contributed by atoms with Gasteiger partial charge in [-0.25, -0.2) is 4.79 Å². The first-order chi connectivity index (χ1) is 9.49. The highest BCUT2D eigenvalue weighted by molar-refractivity contribution is 9.10. The van der Waals surface area contributed by atoms with Gasteiger partial charge in [-0.1, -0.05) is 28.1 Å². The van der Waals surface area contributed by atoms with Crippen LogP contribution in [0.4, 0.5) is 0 Å². The molecule has 1 unspecified atom stereocenters. The first-order valence-corrected chi connectivity index (χ1v) is 7.49. The normalized spacial score (nSPS) is 11.9. The zero-order chi connectivity index (χ0) is 14.7. The largest absolute Gasteiger partial charge is 0.479 e. The van der Waals surface area contributed by atoms with Crippen molar-refractivity contribution in [2.24, 2.45) is 0 Å². The molecule has 1 heterocycles. The van der Waals surface area contributed by atoms with Gasteiger partial charge in [0.1, 0.15) is 0 Å². The Bertz CT molecular complexity index is 640. The monoisotopic (exact) mass is 353 g/mol. The first kappa shape index (κ1) is 14.7.